The summed E-state index contributed by atoms with van der Waals surface area (Å²) >= 11 is 0. The molecule has 0 aliphatic carbocycles. The van der Waals surface area contributed by atoms with Crippen molar-refractivity contribution in [3.63, 3.8) is 0 Å². The highest BCUT2D eigenvalue weighted by atomic mass is 16.3. The van der Waals surface area contributed by atoms with Crippen molar-refractivity contribution in [3.8, 4) is 0 Å². The third-order valence-corrected chi connectivity index (χ3v) is 3.78. The largest absolute Gasteiger partial charge is 0.396 e. The fourth-order valence-electron chi connectivity index (χ4n) is 2.48. The second-order valence-electron chi connectivity index (χ2n) is 5.32. The van der Waals surface area contributed by atoms with Crippen LogP contribution in [0.25, 0.3) is 0 Å². The highest BCUT2D eigenvalue weighted by Gasteiger charge is 2.17. The van der Waals surface area contributed by atoms with Crippen LogP contribution in [0.2, 0.25) is 0 Å². The number of carbonyl (C=O) groups is 1. The zero-order valence-electron chi connectivity index (χ0n) is 11.8. The second-order valence-corrected chi connectivity index (χ2v) is 5.32. The fourth-order valence-corrected chi connectivity index (χ4v) is 2.48. The molecule has 0 unspecified atom stereocenters. The molecule has 2 heterocycles. The molecule has 0 saturated carbocycles. The summed E-state index contributed by atoms with van der Waals surface area (Å²) in [5.41, 5.74) is 0.800. The zero-order valence-corrected chi connectivity index (χ0v) is 11.8. The van der Waals surface area contributed by atoms with Gasteiger partial charge in [-0.3, -0.25) is 9.78 Å². The van der Waals surface area contributed by atoms with E-state index in [1.807, 2.05) is 18.2 Å². The molecule has 0 aromatic carbocycles. The van der Waals surface area contributed by atoms with E-state index >= 15 is 0 Å². The maximum absolute atomic E-state index is 11.7. The number of rotatable bonds is 6. The molecule has 5 heteroatoms. The number of nitrogens with zero attached hydrogens (tertiary/aromatic N) is 2. The molecule has 2 rings (SSSR count). The molecule has 1 fully saturated rings. The molecule has 0 bridgehead atoms. The lowest BCUT2D eigenvalue weighted by Gasteiger charge is -2.30. The van der Waals surface area contributed by atoms with Gasteiger partial charge in [-0.05, 0) is 44.0 Å². The van der Waals surface area contributed by atoms with E-state index in [9.17, 15) is 4.79 Å². The van der Waals surface area contributed by atoms with E-state index in [0.717, 1.165) is 38.2 Å². The van der Waals surface area contributed by atoms with Crippen molar-refractivity contribution >= 4 is 5.91 Å². The van der Waals surface area contributed by atoms with Crippen molar-refractivity contribution in [1.29, 1.82) is 0 Å². The SMILES string of the molecule is O=C(Cc1ccccn1)NCCN1CCC(CO)CC1. The summed E-state index contributed by atoms with van der Waals surface area (Å²) in [6.45, 7) is 3.89. The van der Waals surface area contributed by atoms with Gasteiger partial charge in [0.2, 0.25) is 5.91 Å². The Morgan fingerprint density at radius 3 is 2.85 bits per heavy atom. The first-order chi connectivity index (χ1) is 9.78. The molecule has 1 amide bonds. The lowest BCUT2D eigenvalue weighted by Crippen LogP contribution is -2.40. The van der Waals surface area contributed by atoms with E-state index in [1.54, 1.807) is 6.20 Å². The molecule has 1 aliphatic heterocycles. The summed E-state index contributed by atoms with van der Waals surface area (Å²) in [6.07, 6.45) is 4.15. The number of hydrogen-bond acceptors (Lipinski definition) is 4. The van der Waals surface area contributed by atoms with Gasteiger partial charge in [-0.15, -0.1) is 0 Å². The lowest BCUT2D eigenvalue weighted by molar-refractivity contribution is -0.120. The van der Waals surface area contributed by atoms with Crippen LogP contribution in [0.4, 0.5) is 0 Å². The Morgan fingerprint density at radius 2 is 2.20 bits per heavy atom. The molecule has 1 saturated heterocycles. The molecule has 0 radical (unpaired) electrons. The standard InChI is InChI=1S/C15H23N3O2/c19-12-13-4-8-18(9-5-13)10-7-17-15(20)11-14-3-1-2-6-16-14/h1-3,6,13,19H,4-5,7-12H2,(H,17,20). The maximum atomic E-state index is 11.7. The molecule has 5 nitrogen and oxygen atoms in total. The van der Waals surface area contributed by atoms with E-state index in [1.165, 1.54) is 0 Å². The number of aliphatic hydroxyl groups is 1. The van der Waals surface area contributed by atoms with Crippen molar-refractivity contribution in [3.05, 3.63) is 30.1 Å². The number of pyridine rings is 1. The van der Waals surface area contributed by atoms with Crippen LogP contribution in [0.5, 0.6) is 0 Å². The van der Waals surface area contributed by atoms with Gasteiger partial charge in [-0.2, -0.15) is 0 Å². The summed E-state index contributed by atoms with van der Waals surface area (Å²) in [6, 6.07) is 5.59. The molecule has 1 aromatic rings. The van der Waals surface area contributed by atoms with Gasteiger partial charge in [0.15, 0.2) is 0 Å². The minimum absolute atomic E-state index is 0.0222. The Bertz CT molecular complexity index is 403. The molecular weight excluding hydrogens is 254 g/mol. The molecule has 20 heavy (non-hydrogen) atoms. The van der Waals surface area contributed by atoms with Crippen LogP contribution in [0.3, 0.4) is 0 Å². The number of nitrogens with one attached hydrogen (secondary N) is 1. The molecule has 110 valence electrons. The van der Waals surface area contributed by atoms with Crippen molar-refractivity contribution in [2.75, 3.05) is 32.8 Å². The second kappa shape index (κ2) is 7.97. The monoisotopic (exact) mass is 277 g/mol. The van der Waals surface area contributed by atoms with Crippen LogP contribution in [-0.2, 0) is 11.2 Å². The van der Waals surface area contributed by atoms with E-state index in [0.29, 0.717) is 25.5 Å². The topological polar surface area (TPSA) is 65.5 Å². The van der Waals surface area contributed by atoms with E-state index in [2.05, 4.69) is 15.2 Å². The summed E-state index contributed by atoms with van der Waals surface area (Å²) in [7, 11) is 0. The highest BCUT2D eigenvalue weighted by molar-refractivity contribution is 5.78. The molecular formula is C15H23N3O2. The smallest absolute Gasteiger partial charge is 0.226 e. The Morgan fingerprint density at radius 1 is 1.40 bits per heavy atom. The molecule has 2 N–H and O–H groups in total. The minimum Gasteiger partial charge on any atom is -0.396 e. The number of carbonyl (C=O) groups excluding carboxylic acids is 1. The number of likely N-dealkylation sites (tertiary alicyclic amines) is 1. The Balaban J connectivity index is 1.60. The third kappa shape index (κ3) is 4.90. The molecule has 1 aromatic heterocycles. The van der Waals surface area contributed by atoms with E-state index in [-0.39, 0.29) is 5.91 Å². The predicted octanol–water partition coefficient (Wildman–Crippen LogP) is 0.445. The summed E-state index contributed by atoms with van der Waals surface area (Å²) in [5, 5.41) is 12.0. The van der Waals surface area contributed by atoms with Gasteiger partial charge in [0.05, 0.1) is 6.42 Å². The van der Waals surface area contributed by atoms with Crippen LogP contribution in [0, 0.1) is 5.92 Å². The number of amides is 1. The van der Waals surface area contributed by atoms with Crippen LogP contribution >= 0.6 is 0 Å². The third-order valence-electron chi connectivity index (χ3n) is 3.78. The Kier molecular flexibility index (Phi) is 5.95. The molecule has 0 atom stereocenters. The van der Waals surface area contributed by atoms with Gasteiger partial charge in [0.25, 0.3) is 0 Å². The molecule has 0 spiro atoms. The van der Waals surface area contributed by atoms with Gasteiger partial charge in [-0.1, -0.05) is 6.07 Å². The van der Waals surface area contributed by atoms with Gasteiger partial charge < -0.3 is 15.3 Å². The van der Waals surface area contributed by atoms with E-state index in [4.69, 9.17) is 5.11 Å². The van der Waals surface area contributed by atoms with Crippen molar-refractivity contribution in [2.24, 2.45) is 5.92 Å². The van der Waals surface area contributed by atoms with Gasteiger partial charge in [-0.25, -0.2) is 0 Å². The number of piperidine rings is 1. The number of aromatic nitrogens is 1. The van der Waals surface area contributed by atoms with Crippen LogP contribution in [-0.4, -0.2) is 53.7 Å². The Labute approximate surface area is 120 Å². The number of hydrogen-bond donors (Lipinski definition) is 2. The van der Waals surface area contributed by atoms with Gasteiger partial charge >= 0.3 is 0 Å². The van der Waals surface area contributed by atoms with Crippen molar-refractivity contribution < 1.29 is 9.90 Å². The van der Waals surface area contributed by atoms with Crippen LogP contribution in [0.15, 0.2) is 24.4 Å². The quantitative estimate of drug-likeness (QED) is 0.792. The van der Waals surface area contributed by atoms with Crippen molar-refractivity contribution in [2.45, 2.75) is 19.3 Å². The Hall–Kier alpha value is -1.46. The average Bonchev–Trinajstić information content (AvgIpc) is 2.49. The summed E-state index contributed by atoms with van der Waals surface area (Å²) in [5.74, 6) is 0.485. The summed E-state index contributed by atoms with van der Waals surface area (Å²) in [4.78, 5) is 18.2. The van der Waals surface area contributed by atoms with Gasteiger partial charge in [0.1, 0.15) is 0 Å². The first kappa shape index (κ1) is 14.9. The zero-order chi connectivity index (χ0) is 14.2. The van der Waals surface area contributed by atoms with E-state index < -0.39 is 0 Å². The maximum Gasteiger partial charge on any atom is 0.226 e. The van der Waals surface area contributed by atoms with Crippen molar-refractivity contribution in [1.82, 2.24) is 15.2 Å². The first-order valence-electron chi connectivity index (χ1n) is 7.27. The number of aliphatic hydroxyl groups excluding tert-OH is 1. The fraction of sp³-hybridized carbons (Fsp3) is 0.600. The summed E-state index contributed by atoms with van der Waals surface area (Å²) < 4.78 is 0. The van der Waals surface area contributed by atoms with Gasteiger partial charge in [0, 0.05) is 31.6 Å². The van der Waals surface area contributed by atoms with Crippen LogP contribution in [0.1, 0.15) is 18.5 Å². The average molecular weight is 277 g/mol. The van der Waals surface area contributed by atoms with Crippen LogP contribution < -0.4 is 5.32 Å². The predicted molar refractivity (Wildman–Crippen MR) is 77.2 cm³/mol. The highest BCUT2D eigenvalue weighted by Crippen LogP contribution is 2.15. The lowest BCUT2D eigenvalue weighted by atomic mass is 9.98. The first-order valence-corrected chi connectivity index (χ1v) is 7.27. The molecule has 1 aliphatic rings. The minimum atomic E-state index is 0.0222. The normalized spacial score (nSPS) is 17.1.